The molecule has 24 heavy (non-hydrogen) atoms. The zero-order valence-corrected chi connectivity index (χ0v) is 15.3. The lowest BCUT2D eigenvalue weighted by molar-refractivity contribution is -0.128. The molecule has 3 N–H and O–H groups in total. The molecule has 7 heteroatoms. The van der Waals surface area contributed by atoms with E-state index in [0.717, 1.165) is 71.0 Å². The second kappa shape index (κ2) is 8.39. The van der Waals surface area contributed by atoms with Crippen molar-refractivity contribution in [3.05, 3.63) is 0 Å². The first-order valence-electron chi connectivity index (χ1n) is 9.19. The van der Waals surface area contributed by atoms with Crippen LogP contribution in [0.25, 0.3) is 0 Å². The van der Waals surface area contributed by atoms with E-state index >= 15 is 0 Å². The van der Waals surface area contributed by atoms with Crippen LogP contribution in [0.1, 0.15) is 51.4 Å². The van der Waals surface area contributed by atoms with Crippen LogP contribution in [0.15, 0.2) is 0 Å². The van der Waals surface area contributed by atoms with Gasteiger partial charge in [0.05, 0.1) is 11.5 Å². The summed E-state index contributed by atoms with van der Waals surface area (Å²) < 4.78 is 0. The van der Waals surface area contributed by atoms with Crippen molar-refractivity contribution < 1.29 is 9.59 Å². The molecule has 3 amide bonds. The zero-order chi connectivity index (χ0) is 16.3. The third-order valence-electron chi connectivity index (χ3n) is 5.78. The van der Waals surface area contributed by atoms with Crippen LogP contribution in [-0.4, -0.2) is 60.0 Å². The van der Waals surface area contributed by atoms with E-state index in [0.29, 0.717) is 13.1 Å². The summed E-state index contributed by atoms with van der Waals surface area (Å²) in [4.78, 5) is 29.0. The molecule has 0 radical (unpaired) electrons. The van der Waals surface area contributed by atoms with Crippen LogP contribution in [0.2, 0.25) is 0 Å². The maximum absolute atomic E-state index is 12.7. The summed E-state index contributed by atoms with van der Waals surface area (Å²) in [5.41, 5.74) is 5.72. The molecule has 138 valence electrons. The summed E-state index contributed by atoms with van der Waals surface area (Å²) in [5, 5.41) is 3.23. The number of amides is 3. The average molecular weight is 359 g/mol. The monoisotopic (exact) mass is 358 g/mol. The highest BCUT2D eigenvalue weighted by atomic mass is 35.5. The second-order valence-corrected chi connectivity index (χ2v) is 7.44. The number of nitrogens with zero attached hydrogens (tertiary/aromatic N) is 2. The Labute approximate surface area is 150 Å². The minimum absolute atomic E-state index is 0. The Bertz CT molecular complexity index is 448. The Morgan fingerprint density at radius 3 is 2.25 bits per heavy atom. The minimum Gasteiger partial charge on any atom is -0.349 e. The van der Waals surface area contributed by atoms with Crippen molar-refractivity contribution in [2.24, 2.45) is 11.7 Å². The normalized spacial score (nSPS) is 26.1. The van der Waals surface area contributed by atoms with Crippen molar-refractivity contribution in [3.63, 3.8) is 0 Å². The molecule has 3 rings (SSSR count). The van der Waals surface area contributed by atoms with Crippen LogP contribution in [-0.2, 0) is 4.79 Å². The number of halogens is 1. The number of urea groups is 1. The number of hydrogen-bond acceptors (Lipinski definition) is 3. The first-order valence-corrected chi connectivity index (χ1v) is 9.19. The quantitative estimate of drug-likeness (QED) is 0.806. The van der Waals surface area contributed by atoms with E-state index in [1.54, 1.807) is 0 Å². The van der Waals surface area contributed by atoms with Crippen LogP contribution in [0.4, 0.5) is 4.79 Å². The van der Waals surface area contributed by atoms with Crippen LogP contribution in [0.5, 0.6) is 0 Å². The highest BCUT2D eigenvalue weighted by Crippen LogP contribution is 2.29. The van der Waals surface area contributed by atoms with E-state index in [2.05, 4.69) is 5.32 Å². The summed E-state index contributed by atoms with van der Waals surface area (Å²) in [7, 11) is 0. The number of hydrogen-bond donors (Lipinski definition) is 2. The van der Waals surface area contributed by atoms with Gasteiger partial charge >= 0.3 is 6.03 Å². The third-order valence-corrected chi connectivity index (χ3v) is 5.78. The van der Waals surface area contributed by atoms with Gasteiger partial charge in [-0.3, -0.25) is 4.79 Å². The molecule has 3 fully saturated rings. The SMILES string of the molecule is Cl.NCC1(NC(=O)C2CCCN(C(=O)N3CCCC3)C2)CCCC1. The zero-order valence-electron chi connectivity index (χ0n) is 14.5. The molecule has 6 nitrogen and oxygen atoms in total. The predicted molar refractivity (Wildman–Crippen MR) is 96.1 cm³/mol. The van der Waals surface area contributed by atoms with E-state index in [-0.39, 0.29) is 35.8 Å². The lowest BCUT2D eigenvalue weighted by Crippen LogP contribution is -2.56. The van der Waals surface area contributed by atoms with Gasteiger partial charge in [0.1, 0.15) is 0 Å². The predicted octanol–water partition coefficient (Wildman–Crippen LogP) is 1.72. The molecule has 1 unspecified atom stereocenters. The fraction of sp³-hybridized carbons (Fsp3) is 0.882. The van der Waals surface area contributed by atoms with Crippen LogP contribution in [0, 0.1) is 5.92 Å². The molecule has 2 heterocycles. The molecule has 3 aliphatic rings. The fourth-order valence-electron chi connectivity index (χ4n) is 4.27. The topological polar surface area (TPSA) is 78.7 Å². The number of nitrogens with one attached hydrogen (secondary N) is 1. The lowest BCUT2D eigenvalue weighted by atomic mass is 9.93. The van der Waals surface area contributed by atoms with Gasteiger partial charge in [-0.1, -0.05) is 12.8 Å². The van der Waals surface area contributed by atoms with Gasteiger partial charge in [0, 0.05) is 32.7 Å². The number of carbonyl (C=O) groups is 2. The average Bonchev–Trinajstić information content (AvgIpc) is 3.26. The van der Waals surface area contributed by atoms with E-state index in [9.17, 15) is 9.59 Å². The van der Waals surface area contributed by atoms with Gasteiger partial charge in [0.25, 0.3) is 0 Å². The molecule has 0 spiro atoms. The molecule has 0 aromatic heterocycles. The number of carbonyl (C=O) groups excluding carboxylic acids is 2. The molecule has 1 atom stereocenters. The van der Waals surface area contributed by atoms with Crippen LogP contribution in [0.3, 0.4) is 0 Å². The molecular formula is C17H31ClN4O2. The number of piperidine rings is 1. The maximum Gasteiger partial charge on any atom is 0.320 e. The molecule has 0 bridgehead atoms. The lowest BCUT2D eigenvalue weighted by Gasteiger charge is -2.37. The van der Waals surface area contributed by atoms with Crippen molar-refractivity contribution in [2.45, 2.75) is 56.9 Å². The van der Waals surface area contributed by atoms with Crippen LogP contribution >= 0.6 is 12.4 Å². The molecule has 1 aliphatic carbocycles. The Morgan fingerprint density at radius 2 is 1.62 bits per heavy atom. The standard InChI is InChI=1S/C17H30N4O2.ClH/c18-13-17(7-1-2-8-17)19-15(22)14-6-5-11-21(12-14)16(23)20-9-3-4-10-20;/h14H,1-13,18H2,(H,19,22);1H. The Kier molecular flexibility index (Phi) is 6.75. The Morgan fingerprint density at radius 1 is 1.00 bits per heavy atom. The van der Waals surface area contributed by atoms with Crippen molar-refractivity contribution in [1.82, 2.24) is 15.1 Å². The highest BCUT2D eigenvalue weighted by molar-refractivity contribution is 5.85. The Hall–Kier alpha value is -1.01. The summed E-state index contributed by atoms with van der Waals surface area (Å²) in [6, 6.07) is 0.120. The van der Waals surface area contributed by atoms with Gasteiger partial charge in [-0.15, -0.1) is 12.4 Å². The van der Waals surface area contributed by atoms with E-state index in [1.165, 1.54) is 0 Å². The summed E-state index contributed by atoms with van der Waals surface area (Å²) in [6.45, 7) is 3.58. The Balaban J connectivity index is 0.00000208. The largest absolute Gasteiger partial charge is 0.349 e. The van der Waals surface area contributed by atoms with Gasteiger partial charge in [0.2, 0.25) is 5.91 Å². The van der Waals surface area contributed by atoms with Gasteiger partial charge in [-0.05, 0) is 38.5 Å². The van der Waals surface area contributed by atoms with E-state index in [1.807, 2.05) is 9.80 Å². The van der Waals surface area contributed by atoms with Crippen LogP contribution < -0.4 is 11.1 Å². The molecule has 2 saturated heterocycles. The number of rotatable bonds is 3. The number of nitrogens with two attached hydrogens (primary N) is 1. The number of likely N-dealkylation sites (tertiary alicyclic amines) is 2. The summed E-state index contributed by atoms with van der Waals surface area (Å²) in [6.07, 6.45) is 8.23. The third kappa shape index (κ3) is 4.14. The minimum atomic E-state index is -0.196. The fourth-order valence-corrected chi connectivity index (χ4v) is 4.27. The van der Waals surface area contributed by atoms with Gasteiger partial charge in [-0.25, -0.2) is 4.79 Å². The van der Waals surface area contributed by atoms with E-state index < -0.39 is 0 Å². The van der Waals surface area contributed by atoms with E-state index in [4.69, 9.17) is 5.73 Å². The molecule has 0 aromatic rings. The van der Waals surface area contributed by atoms with Gasteiger partial charge in [-0.2, -0.15) is 0 Å². The van der Waals surface area contributed by atoms with Crippen molar-refractivity contribution in [1.29, 1.82) is 0 Å². The molecule has 1 saturated carbocycles. The van der Waals surface area contributed by atoms with Crippen molar-refractivity contribution >= 4 is 24.3 Å². The summed E-state index contributed by atoms with van der Waals surface area (Å²) in [5.74, 6) is 0.00981. The van der Waals surface area contributed by atoms with Gasteiger partial charge < -0.3 is 20.9 Å². The molecule has 2 aliphatic heterocycles. The smallest absolute Gasteiger partial charge is 0.320 e. The molecular weight excluding hydrogens is 328 g/mol. The first kappa shape index (κ1) is 19.3. The highest BCUT2D eigenvalue weighted by Gasteiger charge is 2.37. The second-order valence-electron chi connectivity index (χ2n) is 7.44. The molecule has 0 aromatic carbocycles. The van der Waals surface area contributed by atoms with Crippen molar-refractivity contribution in [2.75, 3.05) is 32.7 Å². The van der Waals surface area contributed by atoms with Gasteiger partial charge in [0.15, 0.2) is 0 Å². The first-order chi connectivity index (χ1) is 11.1. The van der Waals surface area contributed by atoms with Crippen molar-refractivity contribution in [3.8, 4) is 0 Å². The summed E-state index contributed by atoms with van der Waals surface area (Å²) >= 11 is 0. The maximum atomic E-state index is 12.7.